The standard InChI is InChI=1S/C30H24N4O6S4/c1-16(35)32-29-31-13-21(44-29)20-15-41-27-23(33-22(36)12-19-14-42-30(39)43-19)26(37)34(27)24(20)28(38)40-25(17-8-4-2-5-9-17)18-10-6-3-7-11-18/h2-11,13-14,23,25,27H,12,15H2,1H3,(H,33,36)(H,31,32,35). The first kappa shape index (κ1) is 29.9. The Labute approximate surface area is 267 Å². The molecule has 2 aliphatic heterocycles. The molecule has 0 bridgehead atoms. The van der Waals surface area contributed by atoms with E-state index in [4.69, 9.17) is 4.74 Å². The molecule has 0 saturated carbocycles. The Morgan fingerprint density at radius 2 is 1.70 bits per heavy atom. The van der Waals surface area contributed by atoms with Crippen LogP contribution in [0, 0.1) is 0 Å². The number of carbonyl (C=O) groups excluding carboxylic acids is 4. The van der Waals surface area contributed by atoms with Crippen LogP contribution in [0.15, 0.2) is 82.7 Å². The number of ether oxygens (including phenoxy) is 1. The molecule has 2 aromatic carbocycles. The number of hydrogen-bond acceptors (Lipinski definition) is 11. The Bertz CT molecular complexity index is 1780. The topological polar surface area (TPSA) is 135 Å². The molecule has 2 aliphatic rings. The number of benzene rings is 2. The first-order valence-electron chi connectivity index (χ1n) is 13.4. The van der Waals surface area contributed by atoms with Gasteiger partial charge < -0.3 is 15.4 Å². The molecule has 0 aliphatic carbocycles. The second kappa shape index (κ2) is 12.9. The number of nitrogens with zero attached hydrogens (tertiary/aromatic N) is 2. The van der Waals surface area contributed by atoms with E-state index < -0.39 is 29.4 Å². The molecule has 4 aromatic rings. The van der Waals surface area contributed by atoms with Crippen molar-refractivity contribution >= 4 is 80.2 Å². The number of aromatic nitrogens is 1. The fourth-order valence-corrected chi connectivity index (χ4v) is 8.98. The predicted molar refractivity (Wildman–Crippen MR) is 171 cm³/mol. The minimum absolute atomic E-state index is 0.0107. The van der Waals surface area contributed by atoms with Gasteiger partial charge in [-0.1, -0.05) is 94.7 Å². The van der Waals surface area contributed by atoms with Gasteiger partial charge in [0.25, 0.3) is 9.96 Å². The van der Waals surface area contributed by atoms with Crippen molar-refractivity contribution in [2.75, 3.05) is 11.1 Å². The van der Waals surface area contributed by atoms with Gasteiger partial charge in [-0.25, -0.2) is 9.78 Å². The molecule has 1 fully saturated rings. The summed E-state index contributed by atoms with van der Waals surface area (Å²) in [6, 6.07) is 17.8. The SMILES string of the molecule is CC(=O)Nc1ncc(C2=C(C(=O)OC(c3ccccc3)c3ccccc3)N3C(=O)C(NC(=O)Cc4csc(=O)s4)C3SC2)s1. The van der Waals surface area contributed by atoms with E-state index in [9.17, 15) is 24.0 Å². The third-order valence-corrected chi connectivity index (χ3v) is 11.1. The summed E-state index contributed by atoms with van der Waals surface area (Å²) in [6.07, 6.45) is 0.803. The van der Waals surface area contributed by atoms with Crippen LogP contribution in [-0.2, 0) is 30.3 Å². The first-order valence-corrected chi connectivity index (χ1v) is 16.9. The number of amides is 3. The number of hydrogen-bond donors (Lipinski definition) is 2. The van der Waals surface area contributed by atoms with Crippen LogP contribution in [0.2, 0.25) is 0 Å². The van der Waals surface area contributed by atoms with Crippen LogP contribution in [-0.4, -0.2) is 50.7 Å². The number of rotatable bonds is 9. The van der Waals surface area contributed by atoms with Crippen molar-refractivity contribution in [1.82, 2.24) is 15.2 Å². The Balaban J connectivity index is 1.32. The van der Waals surface area contributed by atoms with Gasteiger partial charge in [-0.15, -0.1) is 11.8 Å². The van der Waals surface area contributed by atoms with E-state index in [0.717, 1.165) is 33.8 Å². The average molecular weight is 665 g/mol. The van der Waals surface area contributed by atoms with E-state index in [0.29, 0.717) is 26.2 Å². The molecule has 224 valence electrons. The molecule has 4 heterocycles. The van der Waals surface area contributed by atoms with E-state index in [2.05, 4.69) is 15.6 Å². The summed E-state index contributed by atoms with van der Waals surface area (Å²) >= 11 is 4.63. The zero-order valence-electron chi connectivity index (χ0n) is 23.1. The Kier molecular flexibility index (Phi) is 8.75. The largest absolute Gasteiger partial charge is 0.448 e. The molecule has 2 unspecified atom stereocenters. The summed E-state index contributed by atoms with van der Waals surface area (Å²) in [6.45, 7) is 1.38. The third kappa shape index (κ3) is 6.24. The number of β-lactam (4-membered cyclic amide) rings is 1. The lowest BCUT2D eigenvalue weighted by atomic mass is 10.0. The summed E-state index contributed by atoms with van der Waals surface area (Å²) < 4.78 is 6.08. The number of thioether (sulfide) groups is 1. The highest BCUT2D eigenvalue weighted by atomic mass is 32.2. The Morgan fingerprint density at radius 3 is 2.32 bits per heavy atom. The van der Waals surface area contributed by atoms with Crippen LogP contribution < -0.4 is 14.7 Å². The molecule has 0 radical (unpaired) electrons. The molecule has 6 rings (SSSR count). The van der Waals surface area contributed by atoms with Crippen molar-refractivity contribution < 1.29 is 23.9 Å². The molecule has 2 atom stereocenters. The van der Waals surface area contributed by atoms with Crippen molar-refractivity contribution in [3.63, 3.8) is 0 Å². The van der Waals surface area contributed by atoms with Crippen molar-refractivity contribution in [2.45, 2.75) is 30.9 Å². The molecule has 44 heavy (non-hydrogen) atoms. The fraction of sp³-hybridized carbons (Fsp3) is 0.200. The van der Waals surface area contributed by atoms with Crippen LogP contribution in [0.4, 0.5) is 5.13 Å². The first-order chi connectivity index (χ1) is 21.3. The van der Waals surface area contributed by atoms with Crippen LogP contribution >= 0.6 is 45.8 Å². The van der Waals surface area contributed by atoms with Crippen molar-refractivity contribution in [3.05, 3.63) is 108 Å². The smallest absolute Gasteiger partial charge is 0.356 e. The molecule has 2 N–H and O–H groups in total. The fourth-order valence-electron chi connectivity index (χ4n) is 4.90. The number of nitrogens with one attached hydrogen (secondary N) is 2. The van der Waals surface area contributed by atoms with E-state index in [1.807, 2.05) is 60.7 Å². The van der Waals surface area contributed by atoms with Crippen LogP contribution in [0.3, 0.4) is 0 Å². The summed E-state index contributed by atoms with van der Waals surface area (Å²) in [5.74, 6) is -1.47. The van der Waals surface area contributed by atoms with Crippen molar-refractivity contribution in [3.8, 4) is 0 Å². The predicted octanol–water partition coefficient (Wildman–Crippen LogP) is 4.27. The average Bonchev–Trinajstić information content (AvgIpc) is 3.66. The molecular weight excluding hydrogens is 641 g/mol. The van der Waals surface area contributed by atoms with E-state index in [1.165, 1.54) is 34.9 Å². The number of carbonyl (C=O) groups is 4. The quantitative estimate of drug-likeness (QED) is 0.200. The van der Waals surface area contributed by atoms with Crippen LogP contribution in [0.1, 0.15) is 33.9 Å². The zero-order valence-corrected chi connectivity index (χ0v) is 26.3. The molecule has 1 saturated heterocycles. The normalized spacial score (nSPS) is 17.6. The lowest BCUT2D eigenvalue weighted by molar-refractivity contribution is -0.154. The number of esters is 1. The molecule has 10 nitrogen and oxygen atoms in total. The maximum Gasteiger partial charge on any atom is 0.356 e. The number of fused-ring (bicyclic) bond motifs is 1. The van der Waals surface area contributed by atoms with Gasteiger partial charge in [-0.2, -0.15) is 0 Å². The lowest BCUT2D eigenvalue weighted by Crippen LogP contribution is -2.70. The summed E-state index contributed by atoms with van der Waals surface area (Å²) in [5, 5.41) is 6.90. The van der Waals surface area contributed by atoms with Crippen LogP contribution in [0.5, 0.6) is 0 Å². The summed E-state index contributed by atoms with van der Waals surface area (Å²) in [7, 11) is 0. The highest BCUT2D eigenvalue weighted by molar-refractivity contribution is 8.00. The van der Waals surface area contributed by atoms with E-state index in [1.54, 1.807) is 11.6 Å². The second-order valence-corrected chi connectivity index (χ2v) is 14.2. The second-order valence-electron chi connectivity index (χ2n) is 9.83. The summed E-state index contributed by atoms with van der Waals surface area (Å²) in [5.41, 5.74) is 2.15. The third-order valence-electron chi connectivity index (χ3n) is 6.83. The monoisotopic (exact) mass is 664 g/mol. The number of thiazole rings is 1. The van der Waals surface area contributed by atoms with Crippen LogP contribution in [0.25, 0.3) is 5.57 Å². The van der Waals surface area contributed by atoms with Crippen molar-refractivity contribution in [2.24, 2.45) is 0 Å². The highest BCUT2D eigenvalue weighted by Gasteiger charge is 2.55. The minimum atomic E-state index is -0.845. The highest BCUT2D eigenvalue weighted by Crippen LogP contribution is 2.45. The summed E-state index contributed by atoms with van der Waals surface area (Å²) in [4.78, 5) is 70.5. The maximum atomic E-state index is 14.1. The number of anilines is 1. The van der Waals surface area contributed by atoms with Gasteiger partial charge in [-0.3, -0.25) is 24.1 Å². The molecular formula is C30H24N4O6S4. The minimum Gasteiger partial charge on any atom is -0.448 e. The molecule has 3 amide bonds. The Hall–Kier alpha value is -4.11. The van der Waals surface area contributed by atoms with Gasteiger partial charge in [-0.05, 0) is 11.1 Å². The molecule has 0 spiro atoms. The molecule has 2 aromatic heterocycles. The van der Waals surface area contributed by atoms with Gasteiger partial charge >= 0.3 is 5.97 Å². The van der Waals surface area contributed by atoms with Gasteiger partial charge in [0.05, 0.1) is 11.3 Å². The van der Waals surface area contributed by atoms with Gasteiger partial charge in [0, 0.05) is 34.7 Å². The van der Waals surface area contributed by atoms with Gasteiger partial charge in [0.2, 0.25) is 11.8 Å². The van der Waals surface area contributed by atoms with E-state index >= 15 is 0 Å². The van der Waals surface area contributed by atoms with E-state index in [-0.39, 0.29) is 28.0 Å². The van der Waals surface area contributed by atoms with Crippen molar-refractivity contribution in [1.29, 1.82) is 0 Å². The Morgan fingerprint density at radius 1 is 1.02 bits per heavy atom. The zero-order chi connectivity index (χ0) is 30.8. The lowest BCUT2D eigenvalue weighted by Gasteiger charge is -2.49. The van der Waals surface area contributed by atoms with Gasteiger partial charge in [0.15, 0.2) is 11.2 Å². The maximum absolute atomic E-state index is 14.1. The van der Waals surface area contributed by atoms with Gasteiger partial charge in [0.1, 0.15) is 17.1 Å². The molecule has 14 heteroatoms.